The van der Waals surface area contributed by atoms with E-state index >= 15 is 0 Å². The first-order valence-corrected chi connectivity index (χ1v) is 20.9. The molecule has 0 fully saturated rings. The topological polar surface area (TPSA) is 29.5 Å². The Kier molecular flexibility index (Phi) is 33.9. The molecule has 0 aliphatic carbocycles. The smallest absolute Gasteiger partial charge is 0.165 e. The van der Waals surface area contributed by atoms with Crippen molar-refractivity contribution in [2.75, 3.05) is 6.61 Å². The minimum atomic E-state index is -0.938. The lowest BCUT2D eigenvalue weighted by atomic mass is 9.85. The number of aliphatic hydroxyl groups is 1. The van der Waals surface area contributed by atoms with Crippen LogP contribution in [-0.4, -0.2) is 17.5 Å². The number of rotatable bonds is 36. The van der Waals surface area contributed by atoms with E-state index in [0.717, 1.165) is 44.9 Å². The van der Waals surface area contributed by atoms with Crippen LogP contribution in [0.2, 0.25) is 0 Å². The maximum Gasteiger partial charge on any atom is 0.165 e. The Morgan fingerprint density at radius 2 is 0.766 bits per heavy atom. The van der Waals surface area contributed by atoms with Crippen LogP contribution in [-0.2, 0) is 4.74 Å². The molecule has 0 aliphatic rings. The summed E-state index contributed by atoms with van der Waals surface area (Å²) in [7, 11) is 0. The molecule has 0 aromatic heterocycles. The van der Waals surface area contributed by atoms with Gasteiger partial charge in [-0.15, -0.1) is 0 Å². The number of hydrogen-bond acceptors (Lipinski definition) is 2. The highest BCUT2D eigenvalue weighted by Gasteiger charge is 2.28. The maximum absolute atomic E-state index is 11.5. The van der Waals surface area contributed by atoms with Crippen molar-refractivity contribution in [3.63, 3.8) is 0 Å². The summed E-state index contributed by atoms with van der Waals surface area (Å²) in [6.07, 6.45) is 53.7. The van der Waals surface area contributed by atoms with Crippen LogP contribution in [0.5, 0.6) is 0 Å². The Bertz CT molecular complexity index is 695. The Balaban J connectivity index is 4.16. The first-order chi connectivity index (χ1) is 22.9. The van der Waals surface area contributed by atoms with Crippen LogP contribution in [0, 0.1) is 5.41 Å². The average Bonchev–Trinajstić information content (AvgIpc) is 3.04. The van der Waals surface area contributed by atoms with Gasteiger partial charge in [0, 0.05) is 12.8 Å². The summed E-state index contributed by atoms with van der Waals surface area (Å²) >= 11 is 0. The summed E-state index contributed by atoms with van der Waals surface area (Å²) in [6.45, 7) is 12.1. The minimum absolute atomic E-state index is 0.288. The van der Waals surface area contributed by atoms with Gasteiger partial charge in [-0.1, -0.05) is 167 Å². The normalized spacial score (nSPS) is 13.1. The molecule has 0 atom stereocenters. The van der Waals surface area contributed by atoms with E-state index in [4.69, 9.17) is 4.74 Å². The molecule has 0 amide bonds. The lowest BCUT2D eigenvalue weighted by molar-refractivity contribution is -0.216. The zero-order chi connectivity index (χ0) is 34.6. The first-order valence-electron chi connectivity index (χ1n) is 20.9. The molecule has 0 saturated carbocycles. The highest BCUT2D eigenvalue weighted by Crippen LogP contribution is 2.30. The van der Waals surface area contributed by atoms with Crippen molar-refractivity contribution in [1.29, 1.82) is 0 Å². The summed E-state index contributed by atoms with van der Waals surface area (Å²) < 4.78 is 6.29. The molecule has 0 rings (SSSR count). The molecular weight excluding hydrogens is 572 g/mol. The lowest BCUT2D eigenvalue weighted by Gasteiger charge is -2.31. The van der Waals surface area contributed by atoms with E-state index in [1.165, 1.54) is 141 Å². The van der Waals surface area contributed by atoms with E-state index in [2.05, 4.69) is 83.2 Å². The SMILES string of the molecule is CCCCC/C=C\C/C=C\CCCCCCCCC(O)(CCCCCCCC/C=C\C/C=C\CCCCC)OCCC(C)(C)CCC. The third-order valence-electron chi connectivity index (χ3n) is 9.61. The number of ether oxygens (including phenoxy) is 1. The van der Waals surface area contributed by atoms with Gasteiger partial charge in [0.25, 0.3) is 0 Å². The molecule has 2 nitrogen and oxygen atoms in total. The Hall–Kier alpha value is -1.12. The van der Waals surface area contributed by atoms with Crippen LogP contribution in [0.3, 0.4) is 0 Å². The molecule has 0 unspecified atom stereocenters. The number of hydrogen-bond donors (Lipinski definition) is 1. The maximum atomic E-state index is 11.5. The molecule has 0 aromatic carbocycles. The molecule has 0 heterocycles. The molecule has 2 heteroatoms. The third kappa shape index (κ3) is 34.5. The van der Waals surface area contributed by atoms with Crippen LogP contribution in [0.15, 0.2) is 48.6 Å². The molecule has 0 saturated heterocycles. The van der Waals surface area contributed by atoms with Gasteiger partial charge in [0.15, 0.2) is 5.79 Å². The summed E-state index contributed by atoms with van der Waals surface area (Å²) in [6, 6.07) is 0. The quantitative estimate of drug-likeness (QED) is 0.0413. The van der Waals surface area contributed by atoms with Gasteiger partial charge in [-0.25, -0.2) is 0 Å². The minimum Gasteiger partial charge on any atom is -0.365 e. The van der Waals surface area contributed by atoms with E-state index in [-0.39, 0.29) is 5.41 Å². The summed E-state index contributed by atoms with van der Waals surface area (Å²) in [5, 5.41) is 11.5. The second-order valence-corrected chi connectivity index (χ2v) is 15.1. The van der Waals surface area contributed by atoms with E-state index in [0.29, 0.717) is 6.61 Å². The van der Waals surface area contributed by atoms with Crippen LogP contribution >= 0.6 is 0 Å². The van der Waals surface area contributed by atoms with E-state index in [1.807, 2.05) is 0 Å². The Morgan fingerprint density at radius 1 is 0.404 bits per heavy atom. The van der Waals surface area contributed by atoms with Gasteiger partial charge in [-0.2, -0.15) is 0 Å². The fourth-order valence-corrected chi connectivity index (χ4v) is 6.37. The molecule has 0 spiro atoms. The second kappa shape index (κ2) is 34.7. The summed E-state index contributed by atoms with van der Waals surface area (Å²) in [4.78, 5) is 0. The highest BCUT2D eigenvalue weighted by molar-refractivity contribution is 4.93. The van der Waals surface area contributed by atoms with Crippen LogP contribution in [0.1, 0.15) is 221 Å². The molecule has 0 aromatic rings. The standard InChI is InChI=1S/C45H84O2/c1-6-9-11-13-15-17-19-21-23-25-27-29-31-33-35-37-40-45(46,47-43-42-44(4,5)39-8-3)41-38-36-34-32-30-28-26-24-22-20-18-16-14-12-10-7-2/h15-18,21-24,46H,6-14,19-20,25-43H2,1-5H3/b17-15-,18-16-,23-21-,24-22-. The third-order valence-corrected chi connectivity index (χ3v) is 9.61. The first kappa shape index (κ1) is 45.9. The van der Waals surface area contributed by atoms with Gasteiger partial charge in [-0.3, -0.25) is 0 Å². The largest absolute Gasteiger partial charge is 0.365 e. The number of unbranched alkanes of at least 4 members (excludes halogenated alkanes) is 18. The Morgan fingerprint density at radius 3 is 1.15 bits per heavy atom. The van der Waals surface area contributed by atoms with Crippen molar-refractivity contribution in [2.45, 2.75) is 227 Å². The predicted octanol–water partition coefficient (Wildman–Crippen LogP) is 15.3. The van der Waals surface area contributed by atoms with Crippen molar-refractivity contribution in [3.05, 3.63) is 48.6 Å². The monoisotopic (exact) mass is 657 g/mol. The van der Waals surface area contributed by atoms with Gasteiger partial charge in [-0.05, 0) is 95.3 Å². The summed E-state index contributed by atoms with van der Waals surface area (Å²) in [5.74, 6) is -0.938. The molecule has 0 radical (unpaired) electrons. The molecule has 276 valence electrons. The molecule has 0 bridgehead atoms. The van der Waals surface area contributed by atoms with Gasteiger partial charge in [0.05, 0.1) is 6.61 Å². The molecular formula is C45H84O2. The predicted molar refractivity (Wildman–Crippen MR) is 212 cm³/mol. The van der Waals surface area contributed by atoms with Crippen LogP contribution < -0.4 is 0 Å². The van der Waals surface area contributed by atoms with Gasteiger partial charge < -0.3 is 9.84 Å². The van der Waals surface area contributed by atoms with Crippen molar-refractivity contribution in [1.82, 2.24) is 0 Å². The van der Waals surface area contributed by atoms with Gasteiger partial charge in [0.2, 0.25) is 0 Å². The highest BCUT2D eigenvalue weighted by atomic mass is 16.6. The van der Waals surface area contributed by atoms with Gasteiger partial charge >= 0.3 is 0 Å². The second-order valence-electron chi connectivity index (χ2n) is 15.1. The molecule has 1 N–H and O–H groups in total. The van der Waals surface area contributed by atoms with Crippen molar-refractivity contribution in [2.24, 2.45) is 5.41 Å². The fraction of sp³-hybridized carbons (Fsp3) is 0.822. The van der Waals surface area contributed by atoms with E-state index in [9.17, 15) is 5.11 Å². The van der Waals surface area contributed by atoms with E-state index < -0.39 is 5.79 Å². The van der Waals surface area contributed by atoms with Crippen molar-refractivity contribution < 1.29 is 9.84 Å². The summed E-state index contributed by atoms with van der Waals surface area (Å²) in [5.41, 5.74) is 0.288. The lowest BCUT2D eigenvalue weighted by Crippen LogP contribution is -2.34. The zero-order valence-electron chi connectivity index (χ0n) is 32.7. The average molecular weight is 657 g/mol. The van der Waals surface area contributed by atoms with Crippen molar-refractivity contribution >= 4 is 0 Å². The zero-order valence-corrected chi connectivity index (χ0v) is 32.7. The molecule has 0 aliphatic heterocycles. The van der Waals surface area contributed by atoms with E-state index in [1.54, 1.807) is 0 Å². The Labute approximate surface area is 296 Å². The van der Waals surface area contributed by atoms with Gasteiger partial charge in [0.1, 0.15) is 0 Å². The fourth-order valence-electron chi connectivity index (χ4n) is 6.37. The molecule has 47 heavy (non-hydrogen) atoms. The van der Waals surface area contributed by atoms with Crippen LogP contribution in [0.4, 0.5) is 0 Å². The van der Waals surface area contributed by atoms with Crippen molar-refractivity contribution in [3.8, 4) is 0 Å². The van der Waals surface area contributed by atoms with Crippen LogP contribution in [0.25, 0.3) is 0 Å². The number of allylic oxidation sites excluding steroid dienone is 8.